The molecule has 0 aromatic carbocycles. The maximum atomic E-state index is 4.38. The van der Waals surface area contributed by atoms with Crippen molar-refractivity contribution < 1.29 is 0 Å². The molecule has 0 unspecified atom stereocenters. The molecule has 1 aliphatic heterocycles. The highest BCUT2D eigenvalue weighted by atomic mass is 15.3. The standard InChI is InChI=1S/C17H34N4/c1-4-5-6-7-9-13-20(3)17(18-2)19-12-16-21-14-10-8-11-15-21/h4H,1,5-16H2,2-3H3,(H,18,19). The van der Waals surface area contributed by atoms with E-state index in [1.54, 1.807) is 0 Å². The molecule has 1 aliphatic rings. The molecule has 0 saturated carbocycles. The van der Waals surface area contributed by atoms with Crippen molar-refractivity contribution in [3.63, 3.8) is 0 Å². The van der Waals surface area contributed by atoms with Gasteiger partial charge < -0.3 is 15.1 Å². The van der Waals surface area contributed by atoms with Crippen molar-refractivity contribution >= 4 is 5.96 Å². The van der Waals surface area contributed by atoms with Gasteiger partial charge in [-0.3, -0.25) is 4.99 Å². The SMILES string of the molecule is C=CCCCCCN(C)C(=NC)NCCN1CCCCC1. The number of nitrogens with zero attached hydrogens (tertiary/aromatic N) is 3. The molecule has 4 nitrogen and oxygen atoms in total. The van der Waals surface area contributed by atoms with Crippen LogP contribution in [0.3, 0.4) is 0 Å². The predicted octanol–water partition coefficient (Wildman–Crippen LogP) is 2.73. The quantitative estimate of drug-likeness (QED) is 0.307. The van der Waals surface area contributed by atoms with Crippen LogP contribution in [0.2, 0.25) is 0 Å². The maximum Gasteiger partial charge on any atom is 0.193 e. The van der Waals surface area contributed by atoms with Crippen molar-refractivity contribution in [3.05, 3.63) is 12.7 Å². The number of nitrogens with one attached hydrogen (secondary N) is 1. The molecular formula is C17H34N4. The normalized spacial score (nSPS) is 16.8. The molecule has 0 aromatic rings. The first kappa shape index (κ1) is 18.0. The molecule has 122 valence electrons. The van der Waals surface area contributed by atoms with Crippen LogP contribution in [-0.4, -0.2) is 62.6 Å². The van der Waals surface area contributed by atoms with Crippen molar-refractivity contribution in [2.24, 2.45) is 4.99 Å². The minimum atomic E-state index is 0.994. The topological polar surface area (TPSA) is 30.9 Å². The first-order chi connectivity index (χ1) is 10.3. The Balaban J connectivity index is 2.12. The largest absolute Gasteiger partial charge is 0.355 e. The minimum absolute atomic E-state index is 0.994. The molecule has 0 amide bonds. The summed E-state index contributed by atoms with van der Waals surface area (Å²) < 4.78 is 0. The lowest BCUT2D eigenvalue weighted by Crippen LogP contribution is -2.43. The summed E-state index contributed by atoms with van der Waals surface area (Å²) >= 11 is 0. The Morgan fingerprint density at radius 1 is 1.24 bits per heavy atom. The van der Waals surface area contributed by atoms with Crippen LogP contribution in [0.25, 0.3) is 0 Å². The molecular weight excluding hydrogens is 260 g/mol. The zero-order valence-electron chi connectivity index (χ0n) is 14.1. The Hall–Kier alpha value is -1.03. The zero-order valence-corrected chi connectivity index (χ0v) is 14.1. The van der Waals surface area contributed by atoms with Crippen LogP contribution in [0.5, 0.6) is 0 Å². The molecule has 0 aliphatic carbocycles. The van der Waals surface area contributed by atoms with Gasteiger partial charge in [0.05, 0.1) is 0 Å². The third-order valence-corrected chi connectivity index (χ3v) is 4.13. The van der Waals surface area contributed by atoms with E-state index < -0.39 is 0 Å². The number of guanidine groups is 1. The van der Waals surface area contributed by atoms with E-state index in [1.165, 1.54) is 51.6 Å². The van der Waals surface area contributed by atoms with Crippen molar-refractivity contribution in [1.29, 1.82) is 0 Å². The van der Waals surface area contributed by atoms with E-state index in [9.17, 15) is 0 Å². The van der Waals surface area contributed by atoms with Crippen LogP contribution >= 0.6 is 0 Å². The molecule has 1 rings (SSSR count). The molecule has 0 atom stereocenters. The minimum Gasteiger partial charge on any atom is -0.355 e. The lowest BCUT2D eigenvalue weighted by molar-refractivity contribution is 0.231. The van der Waals surface area contributed by atoms with Gasteiger partial charge in [-0.25, -0.2) is 0 Å². The van der Waals surface area contributed by atoms with Gasteiger partial charge in [0.25, 0.3) is 0 Å². The molecule has 1 fully saturated rings. The Labute approximate surface area is 131 Å². The number of aliphatic imine (C=N–C) groups is 1. The highest BCUT2D eigenvalue weighted by Gasteiger charge is 2.10. The lowest BCUT2D eigenvalue weighted by atomic mass is 10.1. The van der Waals surface area contributed by atoms with Crippen LogP contribution in [0.4, 0.5) is 0 Å². The maximum absolute atomic E-state index is 4.38. The van der Waals surface area contributed by atoms with Crippen molar-refractivity contribution in [2.45, 2.75) is 44.9 Å². The van der Waals surface area contributed by atoms with Gasteiger partial charge in [0, 0.05) is 33.7 Å². The summed E-state index contributed by atoms with van der Waals surface area (Å²) in [5, 5.41) is 3.49. The van der Waals surface area contributed by atoms with Crippen LogP contribution < -0.4 is 5.32 Å². The molecule has 4 heteroatoms. The summed E-state index contributed by atoms with van der Waals surface area (Å²) in [4.78, 5) is 9.18. The summed E-state index contributed by atoms with van der Waals surface area (Å²) in [5.74, 6) is 1.02. The van der Waals surface area contributed by atoms with E-state index in [4.69, 9.17) is 0 Å². The fourth-order valence-electron chi connectivity index (χ4n) is 2.81. The highest BCUT2D eigenvalue weighted by molar-refractivity contribution is 5.79. The average Bonchev–Trinajstić information content (AvgIpc) is 2.52. The number of hydrogen-bond donors (Lipinski definition) is 1. The number of rotatable bonds is 9. The predicted molar refractivity (Wildman–Crippen MR) is 92.9 cm³/mol. The van der Waals surface area contributed by atoms with Crippen LogP contribution in [0.1, 0.15) is 44.9 Å². The average molecular weight is 294 g/mol. The number of hydrogen-bond acceptors (Lipinski definition) is 2. The first-order valence-electron chi connectivity index (χ1n) is 8.53. The van der Waals surface area contributed by atoms with E-state index >= 15 is 0 Å². The molecule has 0 spiro atoms. The summed E-state index contributed by atoms with van der Waals surface area (Å²) in [6.07, 6.45) is 11.0. The third kappa shape index (κ3) is 8.10. The van der Waals surface area contributed by atoms with Gasteiger partial charge >= 0.3 is 0 Å². The molecule has 0 bridgehead atoms. The Morgan fingerprint density at radius 2 is 2.00 bits per heavy atom. The summed E-state index contributed by atoms with van der Waals surface area (Å²) in [5.41, 5.74) is 0. The molecule has 1 saturated heterocycles. The van der Waals surface area contributed by atoms with Crippen LogP contribution in [0, 0.1) is 0 Å². The second-order valence-electron chi connectivity index (χ2n) is 5.94. The van der Waals surface area contributed by atoms with Gasteiger partial charge in [-0.15, -0.1) is 6.58 Å². The van der Waals surface area contributed by atoms with Crippen molar-refractivity contribution in [2.75, 3.05) is 46.8 Å². The van der Waals surface area contributed by atoms with Gasteiger partial charge in [-0.2, -0.15) is 0 Å². The molecule has 0 aromatic heterocycles. The highest BCUT2D eigenvalue weighted by Crippen LogP contribution is 2.07. The van der Waals surface area contributed by atoms with Gasteiger partial charge in [-0.05, 0) is 45.2 Å². The molecule has 0 radical (unpaired) electrons. The number of likely N-dealkylation sites (tertiary alicyclic amines) is 1. The zero-order chi connectivity index (χ0) is 15.3. The Morgan fingerprint density at radius 3 is 2.67 bits per heavy atom. The van der Waals surface area contributed by atoms with E-state index in [1.807, 2.05) is 13.1 Å². The third-order valence-electron chi connectivity index (χ3n) is 4.13. The smallest absolute Gasteiger partial charge is 0.193 e. The van der Waals surface area contributed by atoms with Crippen molar-refractivity contribution in [1.82, 2.24) is 15.1 Å². The molecule has 1 N–H and O–H groups in total. The number of piperidine rings is 1. The second-order valence-corrected chi connectivity index (χ2v) is 5.94. The Bertz CT molecular complexity index is 295. The first-order valence-corrected chi connectivity index (χ1v) is 8.53. The van der Waals surface area contributed by atoms with E-state index in [0.29, 0.717) is 0 Å². The van der Waals surface area contributed by atoms with Gasteiger partial charge in [0.15, 0.2) is 5.96 Å². The van der Waals surface area contributed by atoms with E-state index in [-0.39, 0.29) is 0 Å². The Kier molecular flexibility index (Phi) is 9.96. The van der Waals surface area contributed by atoms with Gasteiger partial charge in [0.2, 0.25) is 0 Å². The van der Waals surface area contributed by atoms with Crippen molar-refractivity contribution in [3.8, 4) is 0 Å². The van der Waals surface area contributed by atoms with Crippen LogP contribution in [-0.2, 0) is 0 Å². The van der Waals surface area contributed by atoms with Gasteiger partial charge in [-0.1, -0.05) is 18.9 Å². The summed E-state index contributed by atoms with van der Waals surface area (Å²) in [6, 6.07) is 0. The summed E-state index contributed by atoms with van der Waals surface area (Å²) in [6.45, 7) is 9.48. The van der Waals surface area contributed by atoms with Crippen LogP contribution in [0.15, 0.2) is 17.6 Å². The fraction of sp³-hybridized carbons (Fsp3) is 0.824. The molecule has 1 heterocycles. The number of unbranched alkanes of at least 4 members (excludes halogenated alkanes) is 3. The monoisotopic (exact) mass is 294 g/mol. The fourth-order valence-corrected chi connectivity index (χ4v) is 2.81. The number of allylic oxidation sites excluding steroid dienone is 1. The summed E-state index contributed by atoms with van der Waals surface area (Å²) in [7, 11) is 4.00. The van der Waals surface area contributed by atoms with Gasteiger partial charge in [0.1, 0.15) is 0 Å². The van der Waals surface area contributed by atoms with E-state index in [2.05, 4.69) is 33.7 Å². The van der Waals surface area contributed by atoms with E-state index in [0.717, 1.165) is 32.0 Å². The second kappa shape index (κ2) is 11.6. The lowest BCUT2D eigenvalue weighted by Gasteiger charge is -2.28. The molecule has 21 heavy (non-hydrogen) atoms.